The summed E-state index contributed by atoms with van der Waals surface area (Å²) in [5, 5.41) is 16.1. The van der Waals surface area contributed by atoms with Gasteiger partial charge in [-0.05, 0) is 37.1 Å². The molecule has 1 amide bonds. The van der Waals surface area contributed by atoms with Crippen LogP contribution in [0.1, 0.15) is 25.0 Å². The van der Waals surface area contributed by atoms with Crippen LogP contribution in [-0.4, -0.2) is 26.8 Å². The Morgan fingerprint density at radius 2 is 1.86 bits per heavy atom. The van der Waals surface area contributed by atoms with Crippen molar-refractivity contribution < 1.29 is 19.1 Å². The standard InChI is InChI=1S/C21H20FN3O3/c1-14-20(15-7-3-2-4-8-15)21(23-18(26)11-6-12-19(27)28)25(24-14)17-10-5-9-16(22)13-17/h2-5,7-10,13H,6,11-12H2,1H3,(H,23,26)(H,27,28). The minimum Gasteiger partial charge on any atom is -0.481 e. The molecule has 7 heteroatoms. The second-order valence-electron chi connectivity index (χ2n) is 6.36. The minimum atomic E-state index is -0.946. The lowest BCUT2D eigenvalue weighted by molar-refractivity contribution is -0.137. The summed E-state index contributed by atoms with van der Waals surface area (Å²) in [6.07, 6.45) is 0.212. The van der Waals surface area contributed by atoms with E-state index in [0.717, 1.165) is 11.1 Å². The molecule has 1 heterocycles. The van der Waals surface area contributed by atoms with E-state index < -0.39 is 11.8 Å². The fourth-order valence-corrected chi connectivity index (χ4v) is 2.98. The average Bonchev–Trinajstić information content (AvgIpc) is 2.98. The topological polar surface area (TPSA) is 84.2 Å². The number of hydrogen-bond donors (Lipinski definition) is 2. The Bertz CT molecular complexity index is 999. The van der Waals surface area contributed by atoms with E-state index in [4.69, 9.17) is 5.11 Å². The Hall–Kier alpha value is -3.48. The average molecular weight is 381 g/mol. The highest BCUT2D eigenvalue weighted by molar-refractivity contribution is 5.95. The largest absolute Gasteiger partial charge is 0.481 e. The van der Waals surface area contributed by atoms with Gasteiger partial charge in [-0.3, -0.25) is 9.59 Å². The summed E-state index contributed by atoms with van der Waals surface area (Å²) >= 11 is 0. The minimum absolute atomic E-state index is 0.0634. The van der Waals surface area contributed by atoms with Crippen molar-refractivity contribution in [1.82, 2.24) is 9.78 Å². The summed E-state index contributed by atoms with van der Waals surface area (Å²) in [5.74, 6) is -1.25. The van der Waals surface area contributed by atoms with Crippen LogP contribution in [0, 0.1) is 12.7 Å². The molecular weight excluding hydrogens is 361 g/mol. The van der Waals surface area contributed by atoms with E-state index in [1.165, 1.54) is 16.8 Å². The number of nitrogens with zero attached hydrogens (tertiary/aromatic N) is 2. The predicted octanol–water partition coefficient (Wildman–Crippen LogP) is 4.18. The van der Waals surface area contributed by atoms with Gasteiger partial charge in [0.15, 0.2) is 0 Å². The molecule has 3 aromatic rings. The van der Waals surface area contributed by atoms with Crippen molar-refractivity contribution >= 4 is 17.7 Å². The number of aliphatic carboxylic acids is 1. The number of halogens is 1. The first kappa shape index (κ1) is 19.3. The number of hydrogen-bond acceptors (Lipinski definition) is 3. The zero-order valence-corrected chi connectivity index (χ0v) is 15.4. The van der Waals surface area contributed by atoms with Gasteiger partial charge in [-0.25, -0.2) is 9.07 Å². The number of aryl methyl sites for hydroxylation is 1. The zero-order valence-electron chi connectivity index (χ0n) is 15.4. The molecule has 0 bridgehead atoms. The molecule has 2 N–H and O–H groups in total. The van der Waals surface area contributed by atoms with Crippen LogP contribution in [0.15, 0.2) is 54.6 Å². The van der Waals surface area contributed by atoms with Gasteiger partial charge < -0.3 is 10.4 Å². The smallest absolute Gasteiger partial charge is 0.303 e. The van der Waals surface area contributed by atoms with Crippen molar-refractivity contribution in [3.05, 3.63) is 66.1 Å². The number of carboxylic acids is 1. The van der Waals surface area contributed by atoms with E-state index >= 15 is 0 Å². The summed E-state index contributed by atoms with van der Waals surface area (Å²) in [4.78, 5) is 23.1. The molecule has 0 aliphatic rings. The summed E-state index contributed by atoms with van der Waals surface area (Å²) in [7, 11) is 0. The van der Waals surface area contributed by atoms with Crippen LogP contribution < -0.4 is 5.32 Å². The van der Waals surface area contributed by atoms with Gasteiger partial charge in [-0.15, -0.1) is 0 Å². The Morgan fingerprint density at radius 1 is 1.11 bits per heavy atom. The van der Waals surface area contributed by atoms with Crippen molar-refractivity contribution in [3.63, 3.8) is 0 Å². The molecule has 0 atom stereocenters. The van der Waals surface area contributed by atoms with Gasteiger partial charge in [0.2, 0.25) is 5.91 Å². The second kappa shape index (κ2) is 8.47. The lowest BCUT2D eigenvalue weighted by Crippen LogP contribution is -2.16. The van der Waals surface area contributed by atoms with Crippen LogP contribution in [0.2, 0.25) is 0 Å². The number of benzene rings is 2. The number of carbonyl (C=O) groups is 2. The van der Waals surface area contributed by atoms with Gasteiger partial charge in [0.05, 0.1) is 11.4 Å². The second-order valence-corrected chi connectivity index (χ2v) is 6.36. The van der Waals surface area contributed by atoms with E-state index in [2.05, 4.69) is 10.4 Å². The molecule has 0 spiro atoms. The highest BCUT2D eigenvalue weighted by Gasteiger charge is 2.20. The van der Waals surface area contributed by atoms with Gasteiger partial charge in [-0.1, -0.05) is 36.4 Å². The van der Waals surface area contributed by atoms with Gasteiger partial charge in [0, 0.05) is 18.4 Å². The zero-order chi connectivity index (χ0) is 20.1. The van der Waals surface area contributed by atoms with Crippen molar-refractivity contribution in [2.75, 3.05) is 5.32 Å². The molecular formula is C21H20FN3O3. The van der Waals surface area contributed by atoms with E-state index in [9.17, 15) is 14.0 Å². The van der Waals surface area contributed by atoms with E-state index in [-0.39, 0.29) is 25.2 Å². The quantitative estimate of drug-likeness (QED) is 0.643. The van der Waals surface area contributed by atoms with Crippen molar-refractivity contribution in [2.24, 2.45) is 0 Å². The maximum Gasteiger partial charge on any atom is 0.303 e. The molecule has 0 aliphatic heterocycles. The normalized spacial score (nSPS) is 10.6. The number of rotatable bonds is 7. The lowest BCUT2D eigenvalue weighted by atomic mass is 10.1. The fourth-order valence-electron chi connectivity index (χ4n) is 2.98. The Balaban J connectivity index is 2.01. The molecule has 0 unspecified atom stereocenters. The van der Waals surface area contributed by atoms with E-state index in [1.807, 2.05) is 37.3 Å². The Kier molecular flexibility index (Phi) is 5.84. The SMILES string of the molecule is Cc1nn(-c2cccc(F)c2)c(NC(=O)CCCC(=O)O)c1-c1ccccc1. The van der Waals surface area contributed by atoms with Crippen LogP contribution >= 0.6 is 0 Å². The van der Waals surface area contributed by atoms with E-state index in [1.54, 1.807) is 12.1 Å². The molecule has 144 valence electrons. The van der Waals surface area contributed by atoms with Gasteiger partial charge in [0.25, 0.3) is 0 Å². The lowest BCUT2D eigenvalue weighted by Gasteiger charge is -2.12. The summed E-state index contributed by atoms with van der Waals surface area (Å²) in [5.41, 5.74) is 2.75. The van der Waals surface area contributed by atoms with Crippen molar-refractivity contribution in [1.29, 1.82) is 0 Å². The summed E-state index contributed by atoms with van der Waals surface area (Å²) in [6, 6.07) is 15.4. The first-order valence-corrected chi connectivity index (χ1v) is 8.88. The highest BCUT2D eigenvalue weighted by Crippen LogP contribution is 2.33. The molecule has 0 saturated heterocycles. The monoisotopic (exact) mass is 381 g/mol. The molecule has 0 aliphatic carbocycles. The molecule has 28 heavy (non-hydrogen) atoms. The molecule has 0 radical (unpaired) electrons. The third-order valence-corrected chi connectivity index (χ3v) is 4.23. The number of carboxylic acid groups (broad SMARTS) is 1. The maximum absolute atomic E-state index is 13.7. The molecule has 6 nitrogen and oxygen atoms in total. The fraction of sp³-hybridized carbons (Fsp3) is 0.190. The molecule has 0 fully saturated rings. The third kappa shape index (κ3) is 4.43. The first-order valence-electron chi connectivity index (χ1n) is 8.88. The maximum atomic E-state index is 13.7. The van der Waals surface area contributed by atoms with Crippen molar-refractivity contribution in [3.8, 4) is 16.8 Å². The van der Waals surface area contributed by atoms with Crippen LogP contribution in [0.4, 0.5) is 10.2 Å². The molecule has 1 aromatic heterocycles. The van der Waals surface area contributed by atoms with Crippen molar-refractivity contribution in [2.45, 2.75) is 26.2 Å². The number of carbonyl (C=O) groups excluding carboxylic acids is 1. The van der Waals surface area contributed by atoms with Gasteiger partial charge in [0.1, 0.15) is 11.6 Å². The Labute approximate surface area is 161 Å². The molecule has 0 saturated carbocycles. The highest BCUT2D eigenvalue weighted by atomic mass is 19.1. The predicted molar refractivity (Wildman–Crippen MR) is 104 cm³/mol. The summed E-state index contributed by atoms with van der Waals surface area (Å²) < 4.78 is 15.2. The molecule has 3 rings (SSSR count). The summed E-state index contributed by atoms with van der Waals surface area (Å²) in [6.45, 7) is 1.82. The van der Waals surface area contributed by atoms with Gasteiger partial charge in [-0.2, -0.15) is 5.10 Å². The number of aromatic nitrogens is 2. The third-order valence-electron chi connectivity index (χ3n) is 4.23. The van der Waals surface area contributed by atoms with E-state index in [0.29, 0.717) is 17.2 Å². The van der Waals surface area contributed by atoms with Crippen LogP contribution in [0.3, 0.4) is 0 Å². The van der Waals surface area contributed by atoms with Crippen LogP contribution in [0.25, 0.3) is 16.8 Å². The number of anilines is 1. The Morgan fingerprint density at radius 3 is 2.54 bits per heavy atom. The molecule has 2 aromatic carbocycles. The first-order chi connectivity index (χ1) is 13.5. The van der Waals surface area contributed by atoms with Gasteiger partial charge >= 0.3 is 5.97 Å². The number of nitrogens with one attached hydrogen (secondary N) is 1. The number of amides is 1. The van der Waals surface area contributed by atoms with Crippen LogP contribution in [0.5, 0.6) is 0 Å². The van der Waals surface area contributed by atoms with Crippen LogP contribution in [-0.2, 0) is 9.59 Å².